The molecule has 0 fully saturated rings. The molecule has 0 bridgehead atoms. The normalized spacial score (nSPS) is 12.8. The van der Waals surface area contributed by atoms with E-state index in [2.05, 4.69) is 9.97 Å². The summed E-state index contributed by atoms with van der Waals surface area (Å²) in [6, 6.07) is 42.8. The van der Waals surface area contributed by atoms with Crippen LogP contribution in [-0.4, -0.2) is 9.97 Å². The highest BCUT2D eigenvalue weighted by molar-refractivity contribution is 6.35. The Morgan fingerprint density at radius 3 is 0.975 bits per heavy atom. The minimum atomic E-state index is -5.26. The Morgan fingerprint density at radius 1 is 0.291 bits per heavy atom. The van der Waals surface area contributed by atoms with Crippen molar-refractivity contribution in [1.82, 2.24) is 9.97 Å². The largest absolute Gasteiger partial charge is 0.416 e. The van der Waals surface area contributed by atoms with E-state index in [1.165, 1.54) is 24.8 Å². The number of nitrogens with zero attached hydrogens (tertiary/aromatic N) is 3. The highest BCUT2D eigenvalue weighted by Gasteiger charge is 2.41. The quantitative estimate of drug-likeness (QED) is 0.118. The highest BCUT2D eigenvalue weighted by atomic mass is 19.4. The van der Waals surface area contributed by atoms with Crippen molar-refractivity contribution in [3.05, 3.63) is 223 Å². The lowest BCUT2D eigenvalue weighted by Gasteiger charge is -2.35. The third-order valence-electron chi connectivity index (χ3n) is 14.7. The fourth-order valence-electron chi connectivity index (χ4n) is 11.5. The summed E-state index contributed by atoms with van der Waals surface area (Å²) >= 11 is 0. The van der Waals surface area contributed by atoms with Gasteiger partial charge in [-0.2, -0.15) is 52.7 Å². The molecule has 0 spiro atoms. The van der Waals surface area contributed by atoms with Crippen molar-refractivity contribution >= 4 is 81.7 Å². The molecule has 13 rings (SSSR count). The van der Waals surface area contributed by atoms with Crippen LogP contribution in [0.15, 0.2) is 201 Å². The molecule has 0 saturated carbocycles. The second-order valence-electron chi connectivity index (χ2n) is 19.3. The number of rotatable bonds is 7. The number of alkyl halides is 12. The lowest BCUT2D eigenvalue weighted by atomic mass is 9.80. The van der Waals surface area contributed by atoms with Gasteiger partial charge in [0.15, 0.2) is 0 Å². The Kier molecular flexibility index (Phi) is 11.0. The van der Waals surface area contributed by atoms with E-state index in [1.807, 2.05) is 48.5 Å². The smallest absolute Gasteiger partial charge is 0.308 e. The van der Waals surface area contributed by atoms with Crippen LogP contribution in [0.1, 0.15) is 22.3 Å². The molecule has 0 aliphatic rings. The Balaban J connectivity index is 1.33. The molecule has 0 saturated heterocycles. The van der Waals surface area contributed by atoms with E-state index in [4.69, 9.17) is 0 Å². The Morgan fingerprint density at radius 2 is 0.646 bits per heavy atom. The maximum atomic E-state index is 15.1. The molecule has 0 N–H and O–H groups in total. The molecule has 0 radical (unpaired) electrons. The third-order valence-corrected chi connectivity index (χ3v) is 14.7. The molecule has 15 heteroatoms. The van der Waals surface area contributed by atoms with Gasteiger partial charge in [0.25, 0.3) is 0 Å². The monoisotopic (exact) mass is 1070 g/mol. The van der Waals surface area contributed by atoms with Crippen LogP contribution in [0.5, 0.6) is 0 Å². The first-order chi connectivity index (χ1) is 37.7. The van der Waals surface area contributed by atoms with Gasteiger partial charge >= 0.3 is 24.7 Å². The lowest BCUT2D eigenvalue weighted by molar-refractivity contribution is -0.144. The first kappa shape index (κ1) is 49.3. The van der Waals surface area contributed by atoms with E-state index in [0.717, 1.165) is 0 Å². The first-order valence-corrected chi connectivity index (χ1v) is 24.5. The maximum absolute atomic E-state index is 15.1. The Labute approximate surface area is 439 Å². The summed E-state index contributed by atoms with van der Waals surface area (Å²) in [5, 5.41) is 6.22. The number of pyridine rings is 2. The number of hydrogen-bond acceptors (Lipinski definition) is 3. The highest BCUT2D eigenvalue weighted by Crippen LogP contribution is 2.60. The fourth-order valence-corrected chi connectivity index (χ4v) is 11.5. The van der Waals surface area contributed by atoms with Crippen molar-refractivity contribution in [1.29, 1.82) is 0 Å². The summed E-state index contributed by atoms with van der Waals surface area (Å²) in [7, 11) is 0. The molecule has 3 nitrogen and oxygen atoms in total. The van der Waals surface area contributed by atoms with Crippen LogP contribution in [0.2, 0.25) is 0 Å². The summed E-state index contributed by atoms with van der Waals surface area (Å²) < 4.78 is 182. The molecule has 388 valence electrons. The van der Waals surface area contributed by atoms with Gasteiger partial charge in [0.05, 0.1) is 33.6 Å². The van der Waals surface area contributed by atoms with E-state index in [-0.39, 0.29) is 67.7 Å². The van der Waals surface area contributed by atoms with Gasteiger partial charge in [-0.15, -0.1) is 0 Å². The van der Waals surface area contributed by atoms with E-state index >= 15 is 52.7 Å². The van der Waals surface area contributed by atoms with E-state index in [1.54, 1.807) is 95.9 Å². The second-order valence-corrected chi connectivity index (χ2v) is 19.3. The van der Waals surface area contributed by atoms with Gasteiger partial charge in [0, 0.05) is 74.3 Å². The van der Waals surface area contributed by atoms with Crippen molar-refractivity contribution in [2.75, 3.05) is 4.90 Å². The average molecular weight is 1070 g/mol. The van der Waals surface area contributed by atoms with Crippen molar-refractivity contribution in [2.45, 2.75) is 24.7 Å². The number of benzene rings is 11. The second kappa shape index (κ2) is 17.6. The van der Waals surface area contributed by atoms with Crippen LogP contribution in [0.4, 0.5) is 69.7 Å². The van der Waals surface area contributed by atoms with Gasteiger partial charge in [-0.3, -0.25) is 9.97 Å². The zero-order valence-electron chi connectivity index (χ0n) is 40.4. The predicted octanol–water partition coefficient (Wildman–Crippen LogP) is 20.5. The summed E-state index contributed by atoms with van der Waals surface area (Å²) in [6.07, 6.45) is -15.3. The standard InChI is InChI=1S/C64H33F12N3/c65-61(66,67)42-26-40(27-43(30-42)62(68,69)70)53-47-20-16-34-8-4-10-36-18-22-49(57(47)51(34)36)59(55(53)38-12-6-24-77-32-38)79(46-14-2-1-3-15-46)60-50-23-19-37-11-5-9-35-17-21-48(58(50)52(35)37)54(56(60)39-13-7-25-78-33-39)41-28-44(63(71,72)73)31-45(29-41)64(74,75)76/h1-33H. The van der Waals surface area contributed by atoms with Gasteiger partial charge in [-0.05, 0) is 126 Å². The molecule has 0 unspecified atom stereocenters. The van der Waals surface area contributed by atoms with Crippen LogP contribution in [-0.2, 0) is 24.7 Å². The molecule has 13 aromatic rings. The van der Waals surface area contributed by atoms with E-state index in [0.29, 0.717) is 83.8 Å². The maximum Gasteiger partial charge on any atom is 0.416 e. The first-order valence-electron chi connectivity index (χ1n) is 24.5. The minimum absolute atomic E-state index is 0.0557. The summed E-state index contributed by atoms with van der Waals surface area (Å²) in [4.78, 5) is 10.7. The Hall–Kier alpha value is -9.24. The molecule has 0 amide bonds. The predicted molar refractivity (Wildman–Crippen MR) is 286 cm³/mol. The van der Waals surface area contributed by atoms with Crippen LogP contribution in [0.3, 0.4) is 0 Å². The molecular weight excluding hydrogens is 1040 g/mol. The van der Waals surface area contributed by atoms with Crippen LogP contribution in [0.25, 0.3) is 109 Å². The fraction of sp³-hybridized carbons (Fsp3) is 0.0625. The molecular formula is C64H33F12N3. The number of halogens is 12. The van der Waals surface area contributed by atoms with Gasteiger partial charge in [-0.1, -0.05) is 115 Å². The number of aromatic nitrogens is 2. The average Bonchev–Trinajstić information content (AvgIpc) is 3.39. The number of hydrogen-bond donors (Lipinski definition) is 0. The SMILES string of the molecule is FC(F)(F)c1cc(-c2c(-c3cccnc3)c(N(c3ccccc3)c3c(-c4cccnc4)c(-c4cc(C(F)(F)F)cc(C(F)(F)F)c4)c4ccc5cccc6ccc3c4c56)c3ccc4cccc5ccc2c3c54)cc(C(F)(F)F)c1. The molecule has 0 aliphatic carbocycles. The van der Waals surface area contributed by atoms with Crippen molar-refractivity contribution in [2.24, 2.45) is 0 Å². The Bertz CT molecular complexity index is 4170. The van der Waals surface area contributed by atoms with Crippen LogP contribution in [0, 0.1) is 0 Å². The van der Waals surface area contributed by atoms with Crippen molar-refractivity contribution in [3.8, 4) is 44.5 Å². The molecule has 79 heavy (non-hydrogen) atoms. The topological polar surface area (TPSA) is 29.0 Å². The van der Waals surface area contributed by atoms with E-state index in [9.17, 15) is 0 Å². The number of anilines is 3. The molecule has 0 aliphatic heterocycles. The molecule has 11 aromatic carbocycles. The summed E-state index contributed by atoms with van der Waals surface area (Å²) in [5.41, 5.74) is -5.97. The zero-order valence-corrected chi connectivity index (χ0v) is 40.4. The summed E-state index contributed by atoms with van der Waals surface area (Å²) in [6.45, 7) is 0. The van der Waals surface area contributed by atoms with Crippen molar-refractivity contribution < 1.29 is 52.7 Å². The van der Waals surface area contributed by atoms with E-state index < -0.39 is 58.1 Å². The van der Waals surface area contributed by atoms with Gasteiger partial charge in [-0.25, -0.2) is 0 Å². The summed E-state index contributed by atoms with van der Waals surface area (Å²) in [5.74, 6) is 0. The minimum Gasteiger partial charge on any atom is -0.308 e. The van der Waals surface area contributed by atoms with Gasteiger partial charge < -0.3 is 4.90 Å². The van der Waals surface area contributed by atoms with Crippen LogP contribution < -0.4 is 4.90 Å². The molecule has 2 aromatic heterocycles. The third kappa shape index (κ3) is 8.08. The lowest BCUT2D eigenvalue weighted by Crippen LogP contribution is -2.16. The number of para-hydroxylation sites is 1. The molecule has 2 heterocycles. The molecule has 0 atom stereocenters. The van der Waals surface area contributed by atoms with Gasteiger partial charge in [0.2, 0.25) is 0 Å². The zero-order chi connectivity index (χ0) is 54.9. The van der Waals surface area contributed by atoms with Crippen LogP contribution >= 0.6 is 0 Å². The van der Waals surface area contributed by atoms with Crippen molar-refractivity contribution in [3.63, 3.8) is 0 Å². The van der Waals surface area contributed by atoms with Gasteiger partial charge in [0.1, 0.15) is 0 Å².